The third kappa shape index (κ3) is 2.85. The van der Waals surface area contributed by atoms with Crippen LogP contribution in [0.5, 0.6) is 0 Å². The van der Waals surface area contributed by atoms with Crippen LogP contribution in [0.4, 0.5) is 13.2 Å². The van der Waals surface area contributed by atoms with Gasteiger partial charge in [-0.1, -0.05) is 0 Å². The fourth-order valence-corrected chi connectivity index (χ4v) is 1.82. The normalized spacial score (nSPS) is 26.6. The highest BCUT2D eigenvalue weighted by molar-refractivity contribution is 4.85. The average Bonchev–Trinajstić information content (AvgIpc) is 2.26. The summed E-state index contributed by atoms with van der Waals surface area (Å²) in [4.78, 5) is 1.53. The third-order valence-corrected chi connectivity index (χ3v) is 2.55. The molecule has 2 nitrogen and oxygen atoms in total. The first kappa shape index (κ1) is 11.8. The Labute approximate surface area is 82.5 Å². The van der Waals surface area contributed by atoms with Gasteiger partial charge in [0.25, 0.3) is 0 Å². The predicted molar refractivity (Wildman–Crippen MR) is 49.2 cm³/mol. The molecule has 0 amide bonds. The minimum Gasteiger partial charge on any atom is -0.315 e. The van der Waals surface area contributed by atoms with Gasteiger partial charge >= 0.3 is 6.18 Å². The molecule has 1 heterocycles. The Morgan fingerprint density at radius 2 is 2.00 bits per heavy atom. The minimum absolute atomic E-state index is 0.0156. The molecule has 0 spiro atoms. The molecule has 1 saturated heterocycles. The summed E-state index contributed by atoms with van der Waals surface area (Å²) in [6.07, 6.45) is -3.34. The number of nitrogens with one attached hydrogen (secondary N) is 1. The Bertz CT molecular complexity index is 179. The number of hydrogen-bond donors (Lipinski definition) is 1. The molecule has 1 aliphatic rings. The molecule has 0 saturated carbocycles. The van der Waals surface area contributed by atoms with Crippen LogP contribution in [0.3, 0.4) is 0 Å². The van der Waals surface area contributed by atoms with Crippen LogP contribution in [0, 0.1) is 0 Å². The second kappa shape index (κ2) is 4.49. The molecule has 1 unspecified atom stereocenters. The monoisotopic (exact) mass is 210 g/mol. The second-order valence-electron chi connectivity index (χ2n) is 3.95. The Hall–Kier alpha value is -0.290. The van der Waals surface area contributed by atoms with E-state index in [4.69, 9.17) is 0 Å². The molecule has 0 aliphatic carbocycles. The third-order valence-electron chi connectivity index (χ3n) is 2.55. The average molecular weight is 210 g/mol. The summed E-state index contributed by atoms with van der Waals surface area (Å²) in [5.41, 5.74) is 0. The summed E-state index contributed by atoms with van der Waals surface area (Å²) < 4.78 is 38.0. The number of alkyl halides is 3. The molecule has 0 aromatic carbocycles. The van der Waals surface area contributed by atoms with Gasteiger partial charge in [-0.25, -0.2) is 0 Å². The van der Waals surface area contributed by atoms with E-state index in [1.807, 2.05) is 13.8 Å². The van der Waals surface area contributed by atoms with Crippen LogP contribution in [0.1, 0.15) is 20.3 Å². The van der Waals surface area contributed by atoms with Gasteiger partial charge in [0.05, 0.1) is 0 Å². The minimum atomic E-state index is -4.12. The van der Waals surface area contributed by atoms with Gasteiger partial charge in [0, 0.05) is 19.1 Å². The van der Waals surface area contributed by atoms with Crippen molar-refractivity contribution in [1.29, 1.82) is 0 Å². The number of rotatable bonds is 1. The number of hydrogen-bond acceptors (Lipinski definition) is 2. The lowest BCUT2D eigenvalue weighted by atomic mass is 10.2. The van der Waals surface area contributed by atoms with Crippen LogP contribution < -0.4 is 5.32 Å². The number of halogens is 3. The molecule has 5 heteroatoms. The molecule has 14 heavy (non-hydrogen) atoms. The highest BCUT2D eigenvalue weighted by Gasteiger charge is 2.44. The maximum atomic E-state index is 12.7. The van der Waals surface area contributed by atoms with Gasteiger partial charge in [0.1, 0.15) is 6.04 Å². The maximum absolute atomic E-state index is 12.7. The van der Waals surface area contributed by atoms with Gasteiger partial charge in [-0.15, -0.1) is 0 Å². The first-order chi connectivity index (χ1) is 6.43. The van der Waals surface area contributed by atoms with E-state index in [9.17, 15) is 13.2 Å². The van der Waals surface area contributed by atoms with Gasteiger partial charge in [0.2, 0.25) is 0 Å². The van der Waals surface area contributed by atoms with Gasteiger partial charge in [-0.05, 0) is 26.8 Å². The highest BCUT2D eigenvalue weighted by Crippen LogP contribution is 2.26. The van der Waals surface area contributed by atoms with Crippen molar-refractivity contribution >= 4 is 0 Å². The zero-order valence-electron chi connectivity index (χ0n) is 8.56. The van der Waals surface area contributed by atoms with Crippen molar-refractivity contribution in [2.75, 3.05) is 19.6 Å². The molecule has 0 bridgehead atoms. The van der Waals surface area contributed by atoms with Crippen LogP contribution in [0.2, 0.25) is 0 Å². The Morgan fingerprint density at radius 3 is 2.50 bits per heavy atom. The SMILES string of the molecule is CC(C)N1CCCNCC1C(F)(F)F. The topological polar surface area (TPSA) is 15.3 Å². The lowest BCUT2D eigenvalue weighted by molar-refractivity contribution is -0.185. The second-order valence-corrected chi connectivity index (χ2v) is 3.95. The summed E-state index contributed by atoms with van der Waals surface area (Å²) in [6.45, 7) is 4.83. The first-order valence-corrected chi connectivity index (χ1v) is 4.96. The molecule has 1 rings (SSSR count). The zero-order chi connectivity index (χ0) is 10.8. The summed E-state index contributed by atoms with van der Waals surface area (Å²) in [6, 6.07) is -1.38. The van der Waals surface area contributed by atoms with Crippen LogP contribution in [-0.2, 0) is 0 Å². The van der Waals surface area contributed by atoms with E-state index < -0.39 is 12.2 Å². The van der Waals surface area contributed by atoms with Gasteiger partial charge < -0.3 is 5.32 Å². The molecule has 1 N–H and O–H groups in total. The molecular formula is C9H17F3N2. The molecule has 84 valence electrons. The summed E-state index contributed by atoms with van der Waals surface area (Å²) in [5.74, 6) is 0. The van der Waals surface area contributed by atoms with E-state index >= 15 is 0 Å². The number of nitrogens with zero attached hydrogens (tertiary/aromatic N) is 1. The lowest BCUT2D eigenvalue weighted by Crippen LogP contribution is -2.52. The zero-order valence-corrected chi connectivity index (χ0v) is 8.56. The summed E-state index contributed by atoms with van der Waals surface area (Å²) in [7, 11) is 0. The smallest absolute Gasteiger partial charge is 0.315 e. The maximum Gasteiger partial charge on any atom is 0.405 e. The van der Waals surface area contributed by atoms with E-state index in [1.54, 1.807) is 0 Å². The lowest BCUT2D eigenvalue weighted by Gasteiger charge is -2.34. The van der Waals surface area contributed by atoms with Crippen molar-refractivity contribution < 1.29 is 13.2 Å². The summed E-state index contributed by atoms with van der Waals surface area (Å²) in [5, 5.41) is 2.83. The van der Waals surface area contributed by atoms with Gasteiger partial charge in [0.15, 0.2) is 0 Å². The van der Waals surface area contributed by atoms with E-state index in [2.05, 4.69) is 5.32 Å². The van der Waals surface area contributed by atoms with E-state index in [-0.39, 0.29) is 12.6 Å². The predicted octanol–water partition coefficient (Wildman–Crippen LogP) is 1.62. The fraction of sp³-hybridized carbons (Fsp3) is 1.00. The largest absolute Gasteiger partial charge is 0.405 e. The molecule has 0 aromatic heterocycles. The highest BCUT2D eigenvalue weighted by atomic mass is 19.4. The van der Waals surface area contributed by atoms with E-state index in [0.29, 0.717) is 13.1 Å². The van der Waals surface area contributed by atoms with Crippen LogP contribution >= 0.6 is 0 Å². The van der Waals surface area contributed by atoms with Crippen LogP contribution in [-0.4, -0.2) is 42.8 Å². The Kier molecular flexibility index (Phi) is 3.78. The van der Waals surface area contributed by atoms with E-state index in [1.165, 1.54) is 4.90 Å². The molecule has 1 fully saturated rings. The molecule has 0 radical (unpaired) electrons. The molecule has 1 atom stereocenters. The van der Waals surface area contributed by atoms with Crippen molar-refractivity contribution in [2.45, 2.75) is 38.5 Å². The van der Waals surface area contributed by atoms with E-state index in [0.717, 1.165) is 6.42 Å². The van der Waals surface area contributed by atoms with Crippen LogP contribution in [0.15, 0.2) is 0 Å². The van der Waals surface area contributed by atoms with Crippen molar-refractivity contribution in [2.24, 2.45) is 0 Å². The fourth-order valence-electron chi connectivity index (χ4n) is 1.82. The molecule has 0 aromatic rings. The van der Waals surface area contributed by atoms with Gasteiger partial charge in [-0.3, -0.25) is 4.90 Å². The quantitative estimate of drug-likeness (QED) is 0.707. The molecule has 1 aliphatic heterocycles. The van der Waals surface area contributed by atoms with Gasteiger partial charge in [-0.2, -0.15) is 13.2 Å². The van der Waals surface area contributed by atoms with Crippen molar-refractivity contribution in [1.82, 2.24) is 10.2 Å². The summed E-state index contributed by atoms with van der Waals surface area (Å²) >= 11 is 0. The van der Waals surface area contributed by atoms with Crippen molar-refractivity contribution in [3.8, 4) is 0 Å². The van der Waals surface area contributed by atoms with Crippen LogP contribution in [0.25, 0.3) is 0 Å². The first-order valence-electron chi connectivity index (χ1n) is 4.96. The van der Waals surface area contributed by atoms with Crippen molar-refractivity contribution in [3.63, 3.8) is 0 Å². The van der Waals surface area contributed by atoms with Crippen molar-refractivity contribution in [3.05, 3.63) is 0 Å². The standard InChI is InChI=1S/C9H17F3N2/c1-7(2)14-5-3-4-13-6-8(14)9(10,11)12/h7-8,13H,3-6H2,1-2H3. The Balaban J connectivity index is 2.74. The molecular weight excluding hydrogens is 193 g/mol. The Morgan fingerprint density at radius 1 is 1.36 bits per heavy atom.